The molecule has 0 saturated carbocycles. The maximum Gasteiger partial charge on any atom is 0.328 e. The van der Waals surface area contributed by atoms with Gasteiger partial charge < -0.3 is 15.5 Å². The Labute approximate surface area is 68.0 Å². The van der Waals surface area contributed by atoms with E-state index in [0.717, 1.165) is 0 Å². The summed E-state index contributed by atoms with van der Waals surface area (Å²) in [6.07, 6.45) is 0. The first kappa shape index (κ1) is 10.2. The average molecular weight is 182 g/mol. The minimum atomic E-state index is -1.29. The van der Waals surface area contributed by atoms with E-state index in [0.29, 0.717) is 0 Å². The largest absolute Gasteiger partial charge is 0.480 e. The third-order valence-corrected chi connectivity index (χ3v) is 1.18. The van der Waals surface area contributed by atoms with Gasteiger partial charge in [-0.05, 0) is 0 Å². The monoisotopic (exact) mass is 181 g/mol. The maximum absolute atomic E-state index is 10.5. The van der Waals surface area contributed by atoms with E-state index in [9.17, 15) is 9.59 Å². The van der Waals surface area contributed by atoms with Crippen molar-refractivity contribution >= 4 is 23.5 Å². The van der Waals surface area contributed by atoms with Crippen LogP contribution in [0.25, 0.3) is 0 Å². The molecule has 0 saturated heterocycles. The van der Waals surface area contributed by atoms with Crippen molar-refractivity contribution in [3.63, 3.8) is 0 Å². The quantitative estimate of drug-likeness (QED) is 0.475. The van der Waals surface area contributed by atoms with Gasteiger partial charge in [-0.15, -0.1) is 11.6 Å². The number of aliphatic hydroxyl groups is 1. The number of carboxylic acid groups (broad SMARTS) is 1. The van der Waals surface area contributed by atoms with E-state index in [1.165, 1.54) is 0 Å². The van der Waals surface area contributed by atoms with Crippen LogP contribution < -0.4 is 5.32 Å². The smallest absolute Gasteiger partial charge is 0.328 e. The minimum Gasteiger partial charge on any atom is -0.480 e. The molecule has 0 fully saturated rings. The Balaban J connectivity index is 3.88. The van der Waals surface area contributed by atoms with E-state index in [-0.39, 0.29) is 5.88 Å². The molecule has 0 heterocycles. The first-order valence-electron chi connectivity index (χ1n) is 2.80. The Morgan fingerprint density at radius 2 is 2.09 bits per heavy atom. The molecule has 0 aliphatic rings. The molecule has 0 aromatic carbocycles. The van der Waals surface area contributed by atoms with Crippen molar-refractivity contribution in [3.05, 3.63) is 0 Å². The highest BCUT2D eigenvalue weighted by Gasteiger charge is 2.17. The van der Waals surface area contributed by atoms with Gasteiger partial charge in [0.2, 0.25) is 5.91 Å². The molecule has 0 aliphatic heterocycles. The van der Waals surface area contributed by atoms with Gasteiger partial charge in [0.05, 0.1) is 6.61 Å². The van der Waals surface area contributed by atoms with Crippen molar-refractivity contribution in [3.8, 4) is 0 Å². The summed E-state index contributed by atoms with van der Waals surface area (Å²) in [5.74, 6) is -2.22. The van der Waals surface area contributed by atoms with Crippen molar-refractivity contribution < 1.29 is 19.8 Å². The van der Waals surface area contributed by atoms with Gasteiger partial charge in [-0.3, -0.25) is 4.79 Å². The Kier molecular flexibility index (Phi) is 4.56. The molecule has 3 N–H and O–H groups in total. The Morgan fingerprint density at radius 1 is 1.55 bits per heavy atom. The summed E-state index contributed by atoms with van der Waals surface area (Å²) < 4.78 is 0. The molecule has 0 aliphatic carbocycles. The lowest BCUT2D eigenvalue weighted by Crippen LogP contribution is -2.43. The number of alkyl halides is 1. The van der Waals surface area contributed by atoms with Crippen LogP contribution in [0.3, 0.4) is 0 Å². The number of halogens is 1. The molecule has 1 atom stereocenters. The zero-order chi connectivity index (χ0) is 8.85. The summed E-state index contributed by atoms with van der Waals surface area (Å²) in [6, 6.07) is -1.26. The van der Waals surface area contributed by atoms with Gasteiger partial charge in [-0.25, -0.2) is 4.79 Å². The number of hydrogen-bond acceptors (Lipinski definition) is 3. The zero-order valence-electron chi connectivity index (χ0n) is 5.58. The normalized spacial score (nSPS) is 12.2. The molecule has 0 rings (SSSR count). The summed E-state index contributed by atoms with van der Waals surface area (Å²) >= 11 is 5.07. The van der Waals surface area contributed by atoms with Crippen LogP contribution in [0, 0.1) is 0 Å². The number of carboxylic acids is 1. The lowest BCUT2D eigenvalue weighted by molar-refractivity contribution is -0.142. The van der Waals surface area contributed by atoms with Gasteiger partial charge in [0.1, 0.15) is 11.9 Å². The van der Waals surface area contributed by atoms with E-state index in [1.807, 2.05) is 5.32 Å². The fourth-order valence-corrected chi connectivity index (χ4v) is 0.496. The Bertz CT molecular complexity index is 161. The van der Waals surface area contributed by atoms with Crippen LogP contribution in [0.2, 0.25) is 0 Å². The number of aliphatic carboxylic acids is 1. The van der Waals surface area contributed by atoms with Crippen molar-refractivity contribution in [2.24, 2.45) is 0 Å². The highest BCUT2D eigenvalue weighted by molar-refractivity contribution is 6.27. The van der Waals surface area contributed by atoms with Crippen LogP contribution in [0.15, 0.2) is 0 Å². The number of hydrogen-bond donors (Lipinski definition) is 3. The molecule has 1 amide bonds. The predicted molar refractivity (Wildman–Crippen MR) is 37.4 cm³/mol. The first-order chi connectivity index (χ1) is 5.11. The number of nitrogens with one attached hydrogen (secondary N) is 1. The van der Waals surface area contributed by atoms with Crippen molar-refractivity contribution in [1.29, 1.82) is 0 Å². The Hall–Kier alpha value is -0.810. The molecule has 1 unspecified atom stereocenters. The molecule has 0 aromatic rings. The van der Waals surface area contributed by atoms with Gasteiger partial charge in [-0.2, -0.15) is 0 Å². The summed E-state index contributed by atoms with van der Waals surface area (Å²) in [7, 11) is 0. The van der Waals surface area contributed by atoms with E-state index < -0.39 is 24.5 Å². The number of amides is 1. The summed E-state index contributed by atoms with van der Waals surface area (Å²) in [5, 5.41) is 18.7. The average Bonchev–Trinajstić information content (AvgIpc) is 1.99. The lowest BCUT2D eigenvalue weighted by Gasteiger charge is -2.09. The molecule has 0 spiro atoms. The van der Waals surface area contributed by atoms with Gasteiger partial charge in [0.15, 0.2) is 0 Å². The van der Waals surface area contributed by atoms with Crippen LogP contribution in [-0.2, 0) is 9.59 Å². The van der Waals surface area contributed by atoms with Crippen LogP contribution in [0.1, 0.15) is 0 Å². The molecule has 0 aromatic heterocycles. The molecule has 0 bridgehead atoms. The fourth-order valence-electron chi connectivity index (χ4n) is 0.418. The summed E-state index contributed by atoms with van der Waals surface area (Å²) in [6.45, 7) is -0.641. The molecular weight excluding hydrogens is 174 g/mol. The van der Waals surface area contributed by atoms with Crippen LogP contribution in [0.4, 0.5) is 0 Å². The SMILES string of the molecule is O=C(CCl)NC(CO)C(=O)O. The molecule has 11 heavy (non-hydrogen) atoms. The summed E-state index contributed by atoms with van der Waals surface area (Å²) in [4.78, 5) is 20.6. The van der Waals surface area contributed by atoms with Crippen molar-refractivity contribution in [1.82, 2.24) is 5.32 Å². The van der Waals surface area contributed by atoms with E-state index >= 15 is 0 Å². The lowest BCUT2D eigenvalue weighted by atomic mass is 10.3. The standard InChI is InChI=1S/C5H8ClNO4/c6-1-4(9)7-3(2-8)5(10)11/h3,8H,1-2H2,(H,7,9)(H,10,11). The molecule has 0 radical (unpaired) electrons. The minimum absolute atomic E-state index is 0.316. The molecule has 5 nitrogen and oxygen atoms in total. The van der Waals surface area contributed by atoms with Gasteiger partial charge in [0, 0.05) is 0 Å². The van der Waals surface area contributed by atoms with Crippen LogP contribution >= 0.6 is 11.6 Å². The second-order valence-electron chi connectivity index (χ2n) is 1.77. The van der Waals surface area contributed by atoms with Crippen LogP contribution in [-0.4, -0.2) is 40.6 Å². The number of carbonyl (C=O) groups is 2. The molecule has 6 heteroatoms. The first-order valence-corrected chi connectivity index (χ1v) is 3.34. The van der Waals surface area contributed by atoms with E-state index in [4.69, 9.17) is 21.8 Å². The maximum atomic E-state index is 10.5. The third-order valence-electron chi connectivity index (χ3n) is 0.937. The van der Waals surface area contributed by atoms with Gasteiger partial charge in [0.25, 0.3) is 0 Å². The summed E-state index contributed by atoms with van der Waals surface area (Å²) in [5.41, 5.74) is 0. The number of carbonyl (C=O) groups excluding carboxylic acids is 1. The van der Waals surface area contributed by atoms with Gasteiger partial charge >= 0.3 is 5.97 Å². The molecule has 64 valence electrons. The topological polar surface area (TPSA) is 86.6 Å². The van der Waals surface area contributed by atoms with E-state index in [1.54, 1.807) is 0 Å². The van der Waals surface area contributed by atoms with Gasteiger partial charge in [-0.1, -0.05) is 0 Å². The van der Waals surface area contributed by atoms with E-state index in [2.05, 4.69) is 0 Å². The Morgan fingerprint density at radius 3 is 2.36 bits per heavy atom. The highest BCUT2D eigenvalue weighted by atomic mass is 35.5. The van der Waals surface area contributed by atoms with Crippen LogP contribution in [0.5, 0.6) is 0 Å². The highest BCUT2D eigenvalue weighted by Crippen LogP contribution is 1.83. The number of aliphatic hydroxyl groups excluding tert-OH is 1. The second-order valence-corrected chi connectivity index (χ2v) is 2.04. The second kappa shape index (κ2) is 4.92. The predicted octanol–water partition coefficient (Wildman–Crippen LogP) is -1.21. The fraction of sp³-hybridized carbons (Fsp3) is 0.600. The zero-order valence-corrected chi connectivity index (χ0v) is 6.34. The third kappa shape index (κ3) is 3.79. The van der Waals surface area contributed by atoms with Crippen molar-refractivity contribution in [2.75, 3.05) is 12.5 Å². The molecular formula is C5H8ClNO4. The van der Waals surface area contributed by atoms with Crippen molar-refractivity contribution in [2.45, 2.75) is 6.04 Å². The number of rotatable bonds is 4.